The third-order valence-electron chi connectivity index (χ3n) is 10.6. The number of para-hydroxylation sites is 1. The maximum absolute atomic E-state index is 3.91. The molecular weight excluding hydrogens is 732 g/mol. The number of anilines is 5. The Balaban J connectivity index is 0.000000651. The van der Waals surface area contributed by atoms with Crippen LogP contribution in [0.1, 0.15) is 25.0 Å². The Morgan fingerprint density at radius 1 is 0.382 bits per heavy atom. The SMILES string of the molecule is CN(c1cc(Br)cc(N(c2ccccc2)c2ccc(-c3ccccc3)cc2-c2ccccc2)c1)c1ccc2c(c1)C(C)(C)c1ccccc1-2.c1ccccc1. The van der Waals surface area contributed by atoms with Crippen molar-refractivity contribution < 1.29 is 0 Å². The van der Waals surface area contributed by atoms with Gasteiger partial charge >= 0.3 is 0 Å². The van der Waals surface area contributed by atoms with Crippen LogP contribution in [0, 0.1) is 0 Å². The summed E-state index contributed by atoms with van der Waals surface area (Å²) in [4.78, 5) is 4.68. The Bertz CT molecular complexity index is 2500. The van der Waals surface area contributed by atoms with Gasteiger partial charge in [-0.3, -0.25) is 0 Å². The predicted molar refractivity (Wildman–Crippen MR) is 238 cm³/mol. The summed E-state index contributed by atoms with van der Waals surface area (Å²) in [6.45, 7) is 4.67. The van der Waals surface area contributed by atoms with Crippen molar-refractivity contribution in [3.63, 3.8) is 0 Å². The van der Waals surface area contributed by atoms with Gasteiger partial charge in [-0.1, -0.05) is 181 Å². The average molecular weight is 776 g/mol. The first-order valence-electron chi connectivity index (χ1n) is 18.8. The van der Waals surface area contributed by atoms with E-state index in [9.17, 15) is 0 Å². The second-order valence-corrected chi connectivity index (χ2v) is 15.3. The highest BCUT2D eigenvalue weighted by Gasteiger charge is 2.35. The molecule has 1 aliphatic rings. The van der Waals surface area contributed by atoms with Crippen molar-refractivity contribution in [3.8, 4) is 33.4 Å². The fraction of sp³-hybridized carbons (Fsp3) is 0.0769. The Morgan fingerprint density at radius 2 is 0.927 bits per heavy atom. The summed E-state index contributed by atoms with van der Waals surface area (Å²) in [7, 11) is 2.17. The van der Waals surface area contributed by atoms with Gasteiger partial charge in [0.2, 0.25) is 0 Å². The zero-order valence-corrected chi connectivity index (χ0v) is 33.0. The van der Waals surface area contributed by atoms with Gasteiger partial charge in [-0.25, -0.2) is 0 Å². The molecule has 0 atom stereocenters. The molecule has 55 heavy (non-hydrogen) atoms. The highest BCUT2D eigenvalue weighted by molar-refractivity contribution is 9.10. The summed E-state index contributed by atoms with van der Waals surface area (Å²) in [5.41, 5.74) is 15.6. The fourth-order valence-electron chi connectivity index (χ4n) is 7.71. The molecule has 8 aromatic rings. The molecule has 9 rings (SSSR count). The highest BCUT2D eigenvalue weighted by atomic mass is 79.9. The van der Waals surface area contributed by atoms with Crippen LogP contribution in [0.2, 0.25) is 0 Å². The zero-order valence-electron chi connectivity index (χ0n) is 31.4. The van der Waals surface area contributed by atoms with Crippen molar-refractivity contribution in [1.82, 2.24) is 0 Å². The number of benzene rings is 8. The second-order valence-electron chi connectivity index (χ2n) is 14.4. The summed E-state index contributed by atoms with van der Waals surface area (Å²) < 4.78 is 1.02. The van der Waals surface area contributed by atoms with Gasteiger partial charge in [0.05, 0.1) is 5.69 Å². The first-order valence-corrected chi connectivity index (χ1v) is 19.6. The number of halogens is 1. The number of hydrogen-bond donors (Lipinski definition) is 0. The lowest BCUT2D eigenvalue weighted by molar-refractivity contribution is 0.660. The van der Waals surface area contributed by atoms with Crippen LogP contribution in [-0.2, 0) is 5.41 Å². The van der Waals surface area contributed by atoms with Gasteiger partial charge in [-0.2, -0.15) is 0 Å². The second kappa shape index (κ2) is 15.7. The van der Waals surface area contributed by atoms with Crippen molar-refractivity contribution >= 4 is 44.4 Å². The number of hydrogen-bond acceptors (Lipinski definition) is 2. The molecule has 0 spiro atoms. The summed E-state index contributed by atoms with van der Waals surface area (Å²) in [6.07, 6.45) is 0. The molecule has 0 bridgehead atoms. The van der Waals surface area contributed by atoms with Gasteiger partial charge in [-0.05, 0) is 93.5 Å². The molecule has 0 aliphatic heterocycles. The summed E-state index contributed by atoms with van der Waals surface area (Å²) in [6, 6.07) is 73.3. The van der Waals surface area contributed by atoms with E-state index in [-0.39, 0.29) is 5.41 Å². The lowest BCUT2D eigenvalue weighted by Gasteiger charge is -2.30. The average Bonchev–Trinajstić information content (AvgIpc) is 3.47. The van der Waals surface area contributed by atoms with E-state index >= 15 is 0 Å². The quantitative estimate of drug-likeness (QED) is 0.159. The van der Waals surface area contributed by atoms with Crippen LogP contribution in [0.4, 0.5) is 28.4 Å². The minimum absolute atomic E-state index is 0.0604. The maximum Gasteiger partial charge on any atom is 0.0540 e. The van der Waals surface area contributed by atoms with Crippen molar-refractivity contribution in [2.45, 2.75) is 19.3 Å². The Hall–Kier alpha value is -6.16. The molecule has 0 heterocycles. The van der Waals surface area contributed by atoms with Gasteiger partial charge in [0, 0.05) is 45.2 Å². The molecule has 0 aromatic heterocycles. The van der Waals surface area contributed by atoms with E-state index < -0.39 is 0 Å². The fourth-order valence-corrected chi connectivity index (χ4v) is 8.18. The molecular formula is C52H43BrN2. The van der Waals surface area contributed by atoms with Crippen LogP contribution in [0.15, 0.2) is 211 Å². The Morgan fingerprint density at radius 3 is 1.60 bits per heavy atom. The molecule has 0 N–H and O–H groups in total. The third kappa shape index (κ3) is 7.36. The van der Waals surface area contributed by atoms with Gasteiger partial charge in [0.25, 0.3) is 0 Å². The largest absolute Gasteiger partial charge is 0.345 e. The highest BCUT2D eigenvalue weighted by Crippen LogP contribution is 2.50. The molecule has 268 valence electrons. The van der Waals surface area contributed by atoms with Crippen LogP contribution >= 0.6 is 15.9 Å². The first kappa shape index (κ1) is 35.8. The zero-order chi connectivity index (χ0) is 37.8. The van der Waals surface area contributed by atoms with Crippen molar-refractivity contribution in [3.05, 3.63) is 222 Å². The van der Waals surface area contributed by atoms with E-state index in [1.54, 1.807) is 0 Å². The molecule has 0 fully saturated rings. The van der Waals surface area contributed by atoms with E-state index in [2.05, 4.69) is 216 Å². The Kier molecular flexibility index (Phi) is 10.2. The summed E-state index contributed by atoms with van der Waals surface area (Å²) >= 11 is 3.91. The van der Waals surface area contributed by atoms with Gasteiger partial charge in [0.15, 0.2) is 0 Å². The van der Waals surface area contributed by atoms with Gasteiger partial charge in [-0.15, -0.1) is 0 Å². The van der Waals surface area contributed by atoms with E-state index in [1.165, 1.54) is 44.5 Å². The molecule has 0 saturated carbocycles. The molecule has 1 aliphatic carbocycles. The Labute approximate surface area is 334 Å². The smallest absolute Gasteiger partial charge is 0.0540 e. The molecule has 0 saturated heterocycles. The normalized spacial score (nSPS) is 12.1. The molecule has 3 heteroatoms. The molecule has 0 unspecified atom stereocenters. The van der Waals surface area contributed by atoms with Crippen LogP contribution in [0.3, 0.4) is 0 Å². The monoisotopic (exact) mass is 774 g/mol. The molecule has 0 radical (unpaired) electrons. The van der Waals surface area contributed by atoms with Crippen molar-refractivity contribution in [2.75, 3.05) is 16.8 Å². The van der Waals surface area contributed by atoms with Crippen LogP contribution < -0.4 is 9.80 Å². The van der Waals surface area contributed by atoms with Gasteiger partial charge < -0.3 is 9.80 Å². The molecule has 8 aromatic carbocycles. The van der Waals surface area contributed by atoms with Crippen molar-refractivity contribution in [1.29, 1.82) is 0 Å². The predicted octanol–water partition coefficient (Wildman–Crippen LogP) is 15.0. The maximum atomic E-state index is 3.91. The topological polar surface area (TPSA) is 6.48 Å². The van der Waals surface area contributed by atoms with Crippen LogP contribution in [0.25, 0.3) is 33.4 Å². The number of fused-ring (bicyclic) bond motifs is 3. The van der Waals surface area contributed by atoms with E-state index in [4.69, 9.17) is 0 Å². The minimum Gasteiger partial charge on any atom is -0.345 e. The molecule has 2 nitrogen and oxygen atoms in total. The van der Waals surface area contributed by atoms with Crippen LogP contribution in [0.5, 0.6) is 0 Å². The number of rotatable bonds is 7. The molecule has 0 amide bonds. The van der Waals surface area contributed by atoms with E-state index in [1.807, 2.05) is 36.4 Å². The van der Waals surface area contributed by atoms with Crippen LogP contribution in [-0.4, -0.2) is 7.05 Å². The van der Waals surface area contributed by atoms with Gasteiger partial charge in [0.1, 0.15) is 0 Å². The van der Waals surface area contributed by atoms with Crippen molar-refractivity contribution in [2.24, 2.45) is 0 Å². The first-order chi connectivity index (χ1) is 26.9. The summed E-state index contributed by atoms with van der Waals surface area (Å²) in [5, 5.41) is 0. The van der Waals surface area contributed by atoms with E-state index in [0.717, 1.165) is 32.9 Å². The lowest BCUT2D eigenvalue weighted by atomic mass is 9.82. The summed E-state index contributed by atoms with van der Waals surface area (Å²) in [5.74, 6) is 0. The van der Waals surface area contributed by atoms with E-state index in [0.29, 0.717) is 0 Å². The number of nitrogens with zero attached hydrogens (tertiary/aromatic N) is 2. The standard InChI is InChI=1S/C46H37BrN2.C6H6/c1-46(2)43-22-14-13-21-40(43)41-25-24-37(31-44(41)46)48(3)38-28-35(47)29-39(30-38)49(36-19-11-6-12-20-36)45-26-23-34(32-15-7-4-8-16-32)27-42(45)33-17-9-5-10-18-33;1-2-4-6-5-3-1/h4-31H,1-3H3;1-6H. The third-order valence-corrected chi connectivity index (χ3v) is 11.0. The lowest BCUT2D eigenvalue weighted by Crippen LogP contribution is -2.17. The minimum atomic E-state index is -0.0604.